The second-order valence-corrected chi connectivity index (χ2v) is 2.90. The van der Waals surface area contributed by atoms with Gasteiger partial charge >= 0.3 is 0 Å². The highest BCUT2D eigenvalue weighted by atomic mass is 16.5. The van der Waals surface area contributed by atoms with E-state index in [-0.39, 0.29) is 0 Å². The van der Waals surface area contributed by atoms with Gasteiger partial charge in [-0.1, -0.05) is 12.2 Å². The van der Waals surface area contributed by atoms with Crippen LogP contribution in [0.2, 0.25) is 0 Å². The van der Waals surface area contributed by atoms with E-state index in [9.17, 15) is 0 Å². The van der Waals surface area contributed by atoms with Crippen LogP contribution in [0.1, 0.15) is 12.6 Å². The Balaban J connectivity index is 2.46. The fourth-order valence-electron chi connectivity index (χ4n) is 1.02. The van der Waals surface area contributed by atoms with Crippen LogP contribution < -0.4 is 10.1 Å². The van der Waals surface area contributed by atoms with Crippen molar-refractivity contribution in [1.82, 2.24) is 10.3 Å². The predicted molar refractivity (Wildman–Crippen MR) is 57.3 cm³/mol. The summed E-state index contributed by atoms with van der Waals surface area (Å²) in [5.41, 5.74) is 1.02. The summed E-state index contributed by atoms with van der Waals surface area (Å²) in [4.78, 5) is 4.24. The minimum absolute atomic E-state index is 0.601. The number of ether oxygens (including phenoxy) is 1. The average Bonchev–Trinajstić information content (AvgIpc) is 2.21. The topological polar surface area (TPSA) is 34.1 Å². The summed E-state index contributed by atoms with van der Waals surface area (Å²) < 4.78 is 5.41. The molecule has 76 valence electrons. The molecule has 0 radical (unpaired) electrons. The van der Waals surface area contributed by atoms with Gasteiger partial charge in [-0.25, -0.2) is 0 Å². The zero-order valence-electron chi connectivity index (χ0n) is 8.66. The normalized spacial score (nSPS) is 10.7. The van der Waals surface area contributed by atoms with Crippen molar-refractivity contribution in [2.75, 3.05) is 13.7 Å². The Kier molecular flexibility index (Phi) is 4.72. The van der Waals surface area contributed by atoms with Crippen LogP contribution >= 0.6 is 0 Å². The average molecular weight is 192 g/mol. The van der Waals surface area contributed by atoms with Gasteiger partial charge in [0.15, 0.2) is 0 Å². The Labute approximate surface area is 84.8 Å². The Morgan fingerprint density at radius 2 is 2.36 bits per heavy atom. The fourth-order valence-corrected chi connectivity index (χ4v) is 1.02. The molecule has 1 heterocycles. The van der Waals surface area contributed by atoms with E-state index in [2.05, 4.69) is 10.3 Å². The van der Waals surface area contributed by atoms with Crippen molar-refractivity contribution in [3.8, 4) is 5.75 Å². The molecule has 14 heavy (non-hydrogen) atoms. The zero-order valence-corrected chi connectivity index (χ0v) is 8.66. The molecule has 1 rings (SSSR count). The Hall–Kier alpha value is -1.35. The molecule has 0 aliphatic carbocycles. The van der Waals surface area contributed by atoms with Gasteiger partial charge in [-0.2, -0.15) is 0 Å². The molecule has 0 spiro atoms. The molecule has 1 aromatic heterocycles. The first kappa shape index (κ1) is 10.7. The maximum absolute atomic E-state index is 5.41. The van der Waals surface area contributed by atoms with Gasteiger partial charge in [-0.15, -0.1) is 0 Å². The van der Waals surface area contributed by atoms with Crippen LogP contribution in [0.5, 0.6) is 5.75 Å². The molecule has 0 fully saturated rings. The molecule has 0 aromatic carbocycles. The molecule has 0 unspecified atom stereocenters. The molecule has 3 heteroatoms. The molecule has 0 saturated carbocycles. The lowest BCUT2D eigenvalue weighted by Gasteiger charge is -2.03. The maximum Gasteiger partial charge on any atom is 0.138 e. The van der Waals surface area contributed by atoms with Crippen molar-refractivity contribution in [2.24, 2.45) is 0 Å². The van der Waals surface area contributed by atoms with E-state index < -0.39 is 0 Å². The Bertz CT molecular complexity index is 280. The summed E-state index contributed by atoms with van der Waals surface area (Å²) in [6, 6.07) is 3.89. The van der Waals surface area contributed by atoms with E-state index in [1.165, 1.54) is 0 Å². The molecular weight excluding hydrogens is 176 g/mol. The summed E-state index contributed by atoms with van der Waals surface area (Å²) in [6.45, 7) is 3.36. The van der Waals surface area contributed by atoms with E-state index in [0.717, 1.165) is 18.0 Å². The van der Waals surface area contributed by atoms with Gasteiger partial charge in [0.1, 0.15) is 12.4 Å². The van der Waals surface area contributed by atoms with Crippen molar-refractivity contribution < 1.29 is 4.74 Å². The van der Waals surface area contributed by atoms with Gasteiger partial charge in [0, 0.05) is 6.54 Å². The van der Waals surface area contributed by atoms with Gasteiger partial charge in [-0.3, -0.25) is 4.98 Å². The summed E-state index contributed by atoms with van der Waals surface area (Å²) in [5.74, 6) is 0.808. The number of hydrogen-bond acceptors (Lipinski definition) is 3. The lowest BCUT2D eigenvalue weighted by Crippen LogP contribution is -2.06. The number of nitrogens with one attached hydrogen (secondary N) is 1. The standard InChI is InChI=1S/C11H16N2O/c1-3-4-7-14-11-6-5-10(8-12-2)13-9-11/h3-6,9,12H,7-8H2,1-2H3. The van der Waals surface area contributed by atoms with Crippen LogP contribution in [0.3, 0.4) is 0 Å². The Morgan fingerprint density at radius 1 is 1.50 bits per heavy atom. The van der Waals surface area contributed by atoms with Gasteiger partial charge in [0.25, 0.3) is 0 Å². The third-order valence-electron chi connectivity index (χ3n) is 1.74. The minimum atomic E-state index is 0.601. The van der Waals surface area contributed by atoms with Gasteiger partial charge in [0.2, 0.25) is 0 Å². The van der Waals surface area contributed by atoms with Gasteiger partial charge in [0.05, 0.1) is 11.9 Å². The SMILES string of the molecule is CC=CCOc1ccc(CNC)nc1. The highest BCUT2D eigenvalue weighted by Crippen LogP contribution is 2.08. The molecule has 0 amide bonds. The molecule has 0 aliphatic rings. The van der Waals surface area contributed by atoms with Crippen molar-refractivity contribution in [2.45, 2.75) is 13.5 Å². The second-order valence-electron chi connectivity index (χ2n) is 2.90. The first-order chi connectivity index (χ1) is 6.86. The molecule has 3 nitrogen and oxygen atoms in total. The van der Waals surface area contributed by atoms with Crippen LogP contribution in [0.4, 0.5) is 0 Å². The van der Waals surface area contributed by atoms with E-state index in [0.29, 0.717) is 6.61 Å². The van der Waals surface area contributed by atoms with Crippen molar-refractivity contribution in [3.05, 3.63) is 36.2 Å². The predicted octanol–water partition coefficient (Wildman–Crippen LogP) is 1.76. The molecular formula is C11H16N2O. The molecule has 0 atom stereocenters. The first-order valence-corrected chi connectivity index (χ1v) is 4.70. The van der Waals surface area contributed by atoms with Crippen molar-refractivity contribution in [1.29, 1.82) is 0 Å². The van der Waals surface area contributed by atoms with Gasteiger partial charge < -0.3 is 10.1 Å². The van der Waals surface area contributed by atoms with Gasteiger partial charge in [-0.05, 0) is 26.1 Å². The highest BCUT2D eigenvalue weighted by molar-refractivity contribution is 5.20. The molecule has 1 aromatic rings. The number of pyridine rings is 1. The Morgan fingerprint density at radius 3 is 2.93 bits per heavy atom. The largest absolute Gasteiger partial charge is 0.488 e. The fraction of sp³-hybridized carbons (Fsp3) is 0.364. The number of aromatic nitrogens is 1. The summed E-state index contributed by atoms with van der Waals surface area (Å²) in [7, 11) is 1.90. The number of rotatable bonds is 5. The second kappa shape index (κ2) is 6.16. The molecule has 0 aliphatic heterocycles. The first-order valence-electron chi connectivity index (χ1n) is 4.70. The third-order valence-corrected chi connectivity index (χ3v) is 1.74. The lowest BCUT2D eigenvalue weighted by atomic mass is 10.3. The van der Waals surface area contributed by atoms with E-state index in [4.69, 9.17) is 4.74 Å². The zero-order chi connectivity index (χ0) is 10.2. The lowest BCUT2D eigenvalue weighted by molar-refractivity contribution is 0.361. The summed E-state index contributed by atoms with van der Waals surface area (Å²) in [5, 5.41) is 3.04. The molecule has 0 bridgehead atoms. The van der Waals surface area contributed by atoms with Crippen molar-refractivity contribution >= 4 is 0 Å². The molecule has 1 N–H and O–H groups in total. The van der Waals surface area contributed by atoms with Crippen LogP contribution in [0.25, 0.3) is 0 Å². The van der Waals surface area contributed by atoms with E-state index in [1.807, 2.05) is 38.3 Å². The summed E-state index contributed by atoms with van der Waals surface area (Å²) >= 11 is 0. The van der Waals surface area contributed by atoms with E-state index >= 15 is 0 Å². The number of hydrogen-bond donors (Lipinski definition) is 1. The van der Waals surface area contributed by atoms with Crippen LogP contribution in [-0.2, 0) is 6.54 Å². The quantitative estimate of drug-likeness (QED) is 0.722. The highest BCUT2D eigenvalue weighted by Gasteiger charge is 1.94. The van der Waals surface area contributed by atoms with Crippen LogP contribution in [-0.4, -0.2) is 18.6 Å². The smallest absolute Gasteiger partial charge is 0.138 e. The van der Waals surface area contributed by atoms with Crippen LogP contribution in [0.15, 0.2) is 30.5 Å². The number of allylic oxidation sites excluding steroid dienone is 1. The van der Waals surface area contributed by atoms with E-state index in [1.54, 1.807) is 6.20 Å². The van der Waals surface area contributed by atoms with Crippen LogP contribution in [0, 0.1) is 0 Å². The molecule has 0 saturated heterocycles. The number of nitrogens with zero attached hydrogens (tertiary/aromatic N) is 1. The minimum Gasteiger partial charge on any atom is -0.488 e. The third kappa shape index (κ3) is 3.58. The maximum atomic E-state index is 5.41. The monoisotopic (exact) mass is 192 g/mol. The van der Waals surface area contributed by atoms with Crippen molar-refractivity contribution in [3.63, 3.8) is 0 Å². The summed E-state index contributed by atoms with van der Waals surface area (Å²) in [6.07, 6.45) is 5.67.